The predicted octanol–water partition coefficient (Wildman–Crippen LogP) is 2.03. The monoisotopic (exact) mass is 266 g/mol. The quantitative estimate of drug-likeness (QED) is 0.879. The highest BCUT2D eigenvalue weighted by Gasteiger charge is 2.46. The van der Waals surface area contributed by atoms with Gasteiger partial charge >= 0.3 is 0 Å². The number of alkyl halides is 2. The third kappa shape index (κ3) is 2.61. The fourth-order valence-electron chi connectivity index (χ4n) is 2.54. The van der Waals surface area contributed by atoms with Crippen LogP contribution in [0.2, 0.25) is 0 Å². The van der Waals surface area contributed by atoms with Crippen molar-refractivity contribution in [2.45, 2.75) is 43.2 Å². The fraction of sp³-hybridized carbons (Fsp3) is 0.500. The highest BCUT2D eigenvalue weighted by molar-refractivity contribution is 5.94. The standard InChI is InChI=1S/C14H16F2N2O/c15-14(16)6-10(7-14)18-13(19)9-3-1-2-8(4-9)11-5-12(11)17/h1-4,10-12H,5-7,17H2,(H,18,19). The number of halogens is 2. The number of benzene rings is 1. The molecular weight excluding hydrogens is 250 g/mol. The van der Waals surface area contributed by atoms with Gasteiger partial charge in [0.05, 0.1) is 0 Å². The SMILES string of the molecule is NC1CC1c1cccc(C(=O)NC2CC(F)(F)C2)c1. The van der Waals surface area contributed by atoms with Crippen LogP contribution in [0.25, 0.3) is 0 Å². The van der Waals surface area contributed by atoms with Gasteiger partial charge in [-0.1, -0.05) is 12.1 Å². The zero-order valence-electron chi connectivity index (χ0n) is 10.4. The third-order valence-corrected chi connectivity index (χ3v) is 3.84. The first-order valence-electron chi connectivity index (χ1n) is 6.49. The van der Waals surface area contributed by atoms with Crippen LogP contribution in [0.4, 0.5) is 8.78 Å². The lowest BCUT2D eigenvalue weighted by atomic mass is 9.88. The Kier molecular flexibility index (Phi) is 2.82. The van der Waals surface area contributed by atoms with Crippen LogP contribution in [0.5, 0.6) is 0 Å². The Morgan fingerprint density at radius 1 is 1.37 bits per heavy atom. The summed E-state index contributed by atoms with van der Waals surface area (Å²) in [6, 6.07) is 7.04. The van der Waals surface area contributed by atoms with Gasteiger partial charge in [-0.2, -0.15) is 0 Å². The molecule has 0 saturated heterocycles. The summed E-state index contributed by atoms with van der Waals surface area (Å²) in [4.78, 5) is 11.9. The Morgan fingerprint density at radius 3 is 2.63 bits per heavy atom. The molecule has 2 aliphatic rings. The van der Waals surface area contributed by atoms with Crippen LogP contribution in [0, 0.1) is 0 Å². The van der Waals surface area contributed by atoms with E-state index in [0.717, 1.165) is 12.0 Å². The number of nitrogens with two attached hydrogens (primary N) is 1. The number of hydrogen-bond acceptors (Lipinski definition) is 2. The molecule has 1 aromatic rings. The molecule has 0 spiro atoms. The van der Waals surface area contributed by atoms with Gasteiger partial charge in [0.1, 0.15) is 0 Å². The van der Waals surface area contributed by atoms with Crippen molar-refractivity contribution < 1.29 is 13.6 Å². The van der Waals surface area contributed by atoms with Crippen LogP contribution in [-0.4, -0.2) is 23.9 Å². The number of hydrogen-bond donors (Lipinski definition) is 2. The van der Waals surface area contributed by atoms with Crippen LogP contribution in [0.1, 0.15) is 41.1 Å². The summed E-state index contributed by atoms with van der Waals surface area (Å²) in [5.41, 5.74) is 7.36. The van der Waals surface area contributed by atoms with Crippen molar-refractivity contribution in [1.29, 1.82) is 0 Å². The van der Waals surface area contributed by atoms with Gasteiger partial charge in [-0.3, -0.25) is 4.79 Å². The maximum Gasteiger partial charge on any atom is 0.252 e. The smallest absolute Gasteiger partial charge is 0.252 e. The Bertz CT molecular complexity index is 510. The topological polar surface area (TPSA) is 55.1 Å². The molecule has 3 rings (SSSR count). The number of rotatable bonds is 3. The molecule has 2 aliphatic carbocycles. The number of carbonyl (C=O) groups is 1. The molecule has 0 radical (unpaired) electrons. The average molecular weight is 266 g/mol. The molecule has 5 heteroatoms. The minimum atomic E-state index is -2.61. The summed E-state index contributed by atoms with van der Waals surface area (Å²) in [5, 5.41) is 2.64. The van der Waals surface area contributed by atoms with Crippen LogP contribution < -0.4 is 11.1 Å². The number of nitrogens with one attached hydrogen (secondary N) is 1. The van der Waals surface area contributed by atoms with Crippen molar-refractivity contribution in [3.8, 4) is 0 Å². The maximum absolute atomic E-state index is 12.7. The molecule has 2 atom stereocenters. The van der Waals surface area contributed by atoms with Crippen LogP contribution in [0.15, 0.2) is 24.3 Å². The van der Waals surface area contributed by atoms with Crippen molar-refractivity contribution >= 4 is 5.91 Å². The second kappa shape index (κ2) is 4.27. The largest absolute Gasteiger partial charge is 0.349 e. The molecule has 0 heterocycles. The van der Waals surface area contributed by atoms with Gasteiger partial charge in [0.25, 0.3) is 11.8 Å². The fourth-order valence-corrected chi connectivity index (χ4v) is 2.54. The molecule has 0 bridgehead atoms. The van der Waals surface area contributed by atoms with E-state index in [9.17, 15) is 13.6 Å². The van der Waals surface area contributed by atoms with Crippen molar-refractivity contribution in [2.24, 2.45) is 5.73 Å². The molecule has 102 valence electrons. The zero-order valence-corrected chi connectivity index (χ0v) is 10.4. The third-order valence-electron chi connectivity index (χ3n) is 3.84. The molecule has 0 aromatic heterocycles. The Balaban J connectivity index is 1.64. The van der Waals surface area contributed by atoms with E-state index >= 15 is 0 Å². The molecule has 19 heavy (non-hydrogen) atoms. The Morgan fingerprint density at radius 2 is 2.05 bits per heavy atom. The van der Waals surface area contributed by atoms with Gasteiger partial charge in [-0.15, -0.1) is 0 Å². The molecule has 3 N–H and O–H groups in total. The van der Waals surface area contributed by atoms with Crippen molar-refractivity contribution in [2.75, 3.05) is 0 Å². The van der Waals surface area contributed by atoms with E-state index in [-0.39, 0.29) is 24.8 Å². The number of amides is 1. The Labute approximate surface area is 110 Å². The van der Waals surface area contributed by atoms with E-state index in [2.05, 4.69) is 5.32 Å². The van der Waals surface area contributed by atoms with Crippen molar-refractivity contribution in [3.63, 3.8) is 0 Å². The van der Waals surface area contributed by atoms with Gasteiger partial charge in [0.15, 0.2) is 0 Å². The van der Waals surface area contributed by atoms with E-state index < -0.39 is 12.0 Å². The van der Waals surface area contributed by atoms with Gasteiger partial charge in [-0.05, 0) is 24.1 Å². The summed E-state index contributed by atoms with van der Waals surface area (Å²) in [6.07, 6.45) is 0.428. The maximum atomic E-state index is 12.7. The highest BCUT2D eigenvalue weighted by atomic mass is 19.3. The predicted molar refractivity (Wildman–Crippen MR) is 67.2 cm³/mol. The molecule has 1 amide bonds. The molecule has 3 nitrogen and oxygen atoms in total. The molecule has 2 saturated carbocycles. The van der Waals surface area contributed by atoms with E-state index in [1.165, 1.54) is 0 Å². The zero-order chi connectivity index (χ0) is 13.6. The lowest BCUT2D eigenvalue weighted by Gasteiger charge is -2.35. The molecule has 1 aromatic carbocycles. The van der Waals surface area contributed by atoms with Gasteiger partial charge in [-0.25, -0.2) is 8.78 Å². The number of carbonyl (C=O) groups excluding carboxylic acids is 1. The van der Waals surface area contributed by atoms with Crippen molar-refractivity contribution in [1.82, 2.24) is 5.32 Å². The normalized spacial score (nSPS) is 28.6. The summed E-state index contributed by atoms with van der Waals surface area (Å²) < 4.78 is 25.4. The van der Waals surface area contributed by atoms with Crippen LogP contribution in [0.3, 0.4) is 0 Å². The summed E-state index contributed by atoms with van der Waals surface area (Å²) in [6.45, 7) is 0. The highest BCUT2D eigenvalue weighted by Crippen LogP contribution is 2.39. The van der Waals surface area contributed by atoms with Gasteiger partial charge in [0, 0.05) is 36.4 Å². The van der Waals surface area contributed by atoms with Gasteiger partial charge < -0.3 is 11.1 Å². The lowest BCUT2D eigenvalue weighted by molar-refractivity contribution is -0.0901. The average Bonchev–Trinajstić information content (AvgIpc) is 3.04. The Hall–Kier alpha value is -1.49. The molecule has 2 unspecified atom stereocenters. The van der Waals surface area contributed by atoms with E-state index in [1.807, 2.05) is 18.2 Å². The summed E-state index contributed by atoms with van der Waals surface area (Å²) in [7, 11) is 0. The van der Waals surface area contributed by atoms with E-state index in [0.29, 0.717) is 11.5 Å². The first kappa shape index (κ1) is 12.5. The van der Waals surface area contributed by atoms with Crippen LogP contribution >= 0.6 is 0 Å². The summed E-state index contributed by atoms with van der Waals surface area (Å²) in [5.74, 6) is -2.56. The minimum Gasteiger partial charge on any atom is -0.349 e. The first-order chi connectivity index (χ1) is 8.94. The lowest BCUT2D eigenvalue weighted by Crippen LogP contribution is -2.50. The molecule has 2 fully saturated rings. The van der Waals surface area contributed by atoms with Gasteiger partial charge in [0.2, 0.25) is 0 Å². The second-order valence-corrected chi connectivity index (χ2v) is 5.57. The van der Waals surface area contributed by atoms with E-state index in [1.54, 1.807) is 6.07 Å². The summed E-state index contributed by atoms with van der Waals surface area (Å²) >= 11 is 0. The molecule has 0 aliphatic heterocycles. The minimum absolute atomic E-state index is 0.184. The second-order valence-electron chi connectivity index (χ2n) is 5.57. The van der Waals surface area contributed by atoms with Crippen molar-refractivity contribution in [3.05, 3.63) is 35.4 Å². The first-order valence-corrected chi connectivity index (χ1v) is 6.49. The van der Waals surface area contributed by atoms with E-state index in [4.69, 9.17) is 5.73 Å². The molecular formula is C14H16F2N2O. The van der Waals surface area contributed by atoms with Crippen LogP contribution in [-0.2, 0) is 0 Å².